The minimum Gasteiger partial charge on any atom is -0.310 e. The molecule has 0 atom stereocenters. The van der Waals surface area contributed by atoms with E-state index in [1.165, 1.54) is 18.3 Å². The average Bonchev–Trinajstić information content (AvgIpc) is 2.85. The first-order valence-corrected chi connectivity index (χ1v) is 4.19. The van der Waals surface area contributed by atoms with Gasteiger partial charge >= 0.3 is 0 Å². The van der Waals surface area contributed by atoms with Crippen LogP contribution >= 0.6 is 0 Å². The van der Waals surface area contributed by atoms with E-state index in [9.17, 15) is 9.90 Å². The van der Waals surface area contributed by atoms with Crippen LogP contribution in [-0.2, 0) is 9.90 Å². The maximum absolute atomic E-state index is 11.2. The number of amides is 1. The lowest BCUT2D eigenvalue weighted by Gasteiger charge is -2.01. The first kappa shape index (κ1) is 8.04. The van der Waals surface area contributed by atoms with E-state index in [1.807, 2.05) is 0 Å². The third-order valence-corrected chi connectivity index (χ3v) is 1.93. The SMILES string of the molecule is [O]c1ccnc(NC(=O)C2CC2)c1. The number of pyridine rings is 1. The Bertz CT molecular complexity index is 334. The van der Waals surface area contributed by atoms with Crippen molar-refractivity contribution in [2.75, 3.05) is 5.32 Å². The van der Waals surface area contributed by atoms with Crippen LogP contribution in [0.4, 0.5) is 5.82 Å². The third-order valence-electron chi connectivity index (χ3n) is 1.93. The molecule has 1 fully saturated rings. The van der Waals surface area contributed by atoms with Gasteiger partial charge < -0.3 is 5.32 Å². The molecule has 0 aromatic carbocycles. The van der Waals surface area contributed by atoms with E-state index >= 15 is 0 Å². The molecule has 67 valence electrons. The van der Waals surface area contributed by atoms with Crippen molar-refractivity contribution in [3.05, 3.63) is 18.3 Å². The second-order valence-electron chi connectivity index (χ2n) is 3.14. The Morgan fingerprint density at radius 2 is 2.31 bits per heavy atom. The molecule has 1 aromatic rings. The Labute approximate surface area is 75.6 Å². The number of anilines is 1. The molecule has 1 aliphatic rings. The molecule has 0 unspecified atom stereocenters. The molecule has 4 nitrogen and oxygen atoms in total. The maximum Gasteiger partial charge on any atom is 0.228 e. The van der Waals surface area contributed by atoms with Gasteiger partial charge in [-0.15, -0.1) is 0 Å². The third kappa shape index (κ3) is 1.96. The molecule has 13 heavy (non-hydrogen) atoms. The van der Waals surface area contributed by atoms with Crippen LogP contribution in [0.15, 0.2) is 18.3 Å². The van der Waals surface area contributed by atoms with Gasteiger partial charge in [-0.05, 0) is 12.8 Å². The van der Waals surface area contributed by atoms with Crippen molar-refractivity contribution in [3.8, 4) is 5.75 Å². The van der Waals surface area contributed by atoms with E-state index < -0.39 is 0 Å². The van der Waals surface area contributed by atoms with Gasteiger partial charge in [0.2, 0.25) is 5.91 Å². The number of hydrogen-bond donors (Lipinski definition) is 1. The van der Waals surface area contributed by atoms with Crippen molar-refractivity contribution in [2.45, 2.75) is 12.8 Å². The van der Waals surface area contributed by atoms with E-state index in [0.717, 1.165) is 12.8 Å². The summed E-state index contributed by atoms with van der Waals surface area (Å²) in [7, 11) is 0. The molecular weight excluding hydrogens is 168 g/mol. The van der Waals surface area contributed by atoms with Gasteiger partial charge in [-0.2, -0.15) is 0 Å². The quantitative estimate of drug-likeness (QED) is 0.745. The molecule has 2 rings (SSSR count). The smallest absolute Gasteiger partial charge is 0.228 e. The Hall–Kier alpha value is -1.58. The monoisotopic (exact) mass is 177 g/mol. The molecule has 1 aliphatic carbocycles. The van der Waals surface area contributed by atoms with Gasteiger partial charge in [0, 0.05) is 24.2 Å². The highest BCUT2D eigenvalue weighted by Gasteiger charge is 2.29. The number of hydrogen-bond acceptors (Lipinski definition) is 2. The van der Waals surface area contributed by atoms with Crippen LogP contribution in [-0.4, -0.2) is 10.9 Å². The Balaban J connectivity index is 2.04. The standard InChI is InChI=1S/C9H9N2O2/c12-7-3-4-10-8(5-7)11-9(13)6-1-2-6/h3-6H,1-2H2,(H,10,11,13). The summed E-state index contributed by atoms with van der Waals surface area (Å²) in [5, 5.41) is 13.5. The molecule has 1 aromatic heterocycles. The van der Waals surface area contributed by atoms with E-state index in [4.69, 9.17) is 0 Å². The predicted molar refractivity (Wildman–Crippen MR) is 45.7 cm³/mol. The van der Waals surface area contributed by atoms with Gasteiger partial charge in [-0.25, -0.2) is 4.98 Å². The molecule has 0 spiro atoms. The molecule has 0 bridgehead atoms. The first-order chi connectivity index (χ1) is 6.25. The highest BCUT2D eigenvalue weighted by molar-refractivity contribution is 5.93. The first-order valence-electron chi connectivity index (χ1n) is 4.19. The highest BCUT2D eigenvalue weighted by atomic mass is 16.3. The zero-order valence-corrected chi connectivity index (χ0v) is 6.99. The molecular formula is C9H9N2O2. The number of carbonyl (C=O) groups excluding carboxylic acids is 1. The Kier molecular flexibility index (Phi) is 1.88. The molecule has 0 aliphatic heterocycles. The fraction of sp³-hybridized carbons (Fsp3) is 0.333. The second kappa shape index (κ2) is 3.05. The van der Waals surface area contributed by atoms with Crippen molar-refractivity contribution >= 4 is 11.7 Å². The normalized spacial score (nSPS) is 15.4. The molecule has 0 saturated heterocycles. The van der Waals surface area contributed by atoms with Crippen LogP contribution in [0.5, 0.6) is 5.75 Å². The van der Waals surface area contributed by atoms with Gasteiger partial charge in [0.1, 0.15) is 5.82 Å². The van der Waals surface area contributed by atoms with E-state index in [2.05, 4.69) is 10.3 Å². The molecule has 1 saturated carbocycles. The van der Waals surface area contributed by atoms with Gasteiger partial charge in [0.05, 0.1) is 0 Å². The largest absolute Gasteiger partial charge is 0.310 e. The molecule has 1 heterocycles. The number of aromatic nitrogens is 1. The van der Waals surface area contributed by atoms with Crippen molar-refractivity contribution in [2.24, 2.45) is 5.92 Å². The summed E-state index contributed by atoms with van der Waals surface area (Å²) in [5.74, 6) is 0.320. The minimum atomic E-state index is -0.138. The molecule has 1 N–H and O–H groups in total. The minimum absolute atomic E-state index is 0.0295. The summed E-state index contributed by atoms with van der Waals surface area (Å²) >= 11 is 0. The van der Waals surface area contributed by atoms with Gasteiger partial charge in [0.25, 0.3) is 0 Å². The highest BCUT2D eigenvalue weighted by Crippen LogP contribution is 2.30. The lowest BCUT2D eigenvalue weighted by Crippen LogP contribution is -2.13. The van der Waals surface area contributed by atoms with Crippen molar-refractivity contribution in [1.82, 2.24) is 4.98 Å². The van der Waals surface area contributed by atoms with Gasteiger partial charge in [-0.1, -0.05) is 0 Å². The van der Waals surface area contributed by atoms with Crippen molar-refractivity contribution < 1.29 is 9.90 Å². The van der Waals surface area contributed by atoms with Crippen molar-refractivity contribution in [3.63, 3.8) is 0 Å². The molecule has 1 amide bonds. The van der Waals surface area contributed by atoms with Crippen LogP contribution in [0.3, 0.4) is 0 Å². The summed E-state index contributed by atoms with van der Waals surface area (Å²) in [6.45, 7) is 0. The van der Waals surface area contributed by atoms with E-state index in [0.29, 0.717) is 5.82 Å². The van der Waals surface area contributed by atoms with Crippen LogP contribution in [0.25, 0.3) is 0 Å². The van der Waals surface area contributed by atoms with Crippen LogP contribution < -0.4 is 5.32 Å². The number of carbonyl (C=O) groups is 1. The van der Waals surface area contributed by atoms with Crippen LogP contribution in [0, 0.1) is 5.92 Å². The number of nitrogens with one attached hydrogen (secondary N) is 1. The fourth-order valence-electron chi connectivity index (χ4n) is 1.05. The van der Waals surface area contributed by atoms with Gasteiger partial charge in [0.15, 0.2) is 5.75 Å². The summed E-state index contributed by atoms with van der Waals surface area (Å²) in [6.07, 6.45) is 3.29. The van der Waals surface area contributed by atoms with Crippen molar-refractivity contribution in [1.29, 1.82) is 0 Å². The van der Waals surface area contributed by atoms with Gasteiger partial charge in [-0.3, -0.25) is 9.90 Å². The summed E-state index contributed by atoms with van der Waals surface area (Å²) in [4.78, 5) is 15.1. The number of rotatable bonds is 2. The lowest BCUT2D eigenvalue weighted by atomic mass is 10.3. The average molecular weight is 177 g/mol. The summed E-state index contributed by atoms with van der Waals surface area (Å²) < 4.78 is 0. The Morgan fingerprint density at radius 1 is 1.54 bits per heavy atom. The fourth-order valence-corrected chi connectivity index (χ4v) is 1.05. The predicted octanol–water partition coefficient (Wildman–Crippen LogP) is 1.57. The zero-order valence-electron chi connectivity index (χ0n) is 6.99. The van der Waals surface area contributed by atoms with Crippen LogP contribution in [0.2, 0.25) is 0 Å². The second-order valence-corrected chi connectivity index (χ2v) is 3.14. The van der Waals surface area contributed by atoms with Crippen LogP contribution in [0.1, 0.15) is 12.8 Å². The molecule has 4 heteroatoms. The maximum atomic E-state index is 11.2. The topological polar surface area (TPSA) is 61.9 Å². The zero-order chi connectivity index (χ0) is 9.26. The Morgan fingerprint density at radius 3 is 2.92 bits per heavy atom. The van der Waals surface area contributed by atoms with E-state index in [-0.39, 0.29) is 17.6 Å². The lowest BCUT2D eigenvalue weighted by molar-refractivity contribution is -0.117. The summed E-state index contributed by atoms with van der Waals surface area (Å²) in [5.41, 5.74) is 0. The molecule has 1 radical (unpaired) electrons. The van der Waals surface area contributed by atoms with E-state index in [1.54, 1.807) is 0 Å². The summed E-state index contributed by atoms with van der Waals surface area (Å²) in [6, 6.07) is 2.67. The number of nitrogens with zero attached hydrogens (tertiary/aromatic N) is 1.